The van der Waals surface area contributed by atoms with Gasteiger partial charge in [0.25, 0.3) is 5.91 Å². The highest BCUT2D eigenvalue weighted by Crippen LogP contribution is 2.21. The van der Waals surface area contributed by atoms with Crippen molar-refractivity contribution in [1.29, 1.82) is 0 Å². The Morgan fingerprint density at radius 1 is 1.17 bits per heavy atom. The molecule has 0 aliphatic carbocycles. The summed E-state index contributed by atoms with van der Waals surface area (Å²) in [6, 6.07) is 12.7. The molecular weight excluding hydrogens is 374 g/mol. The van der Waals surface area contributed by atoms with Crippen molar-refractivity contribution in [2.75, 3.05) is 6.61 Å². The van der Waals surface area contributed by atoms with Crippen LogP contribution in [0.3, 0.4) is 0 Å². The first-order valence-electron chi connectivity index (χ1n) is 7.72. The number of benzene rings is 1. The van der Waals surface area contributed by atoms with Crippen molar-refractivity contribution in [2.45, 2.75) is 26.3 Å². The zero-order valence-corrected chi connectivity index (χ0v) is 15.2. The fraction of sp³-hybridized carbons (Fsp3) is 0.333. The van der Waals surface area contributed by atoms with E-state index in [4.69, 9.17) is 9.15 Å². The number of carbonyl (C=O) groups excluding carboxylic acids is 2. The summed E-state index contributed by atoms with van der Waals surface area (Å²) in [5.41, 5.74) is 1.03. The molecule has 1 aromatic heterocycles. The molecule has 0 radical (unpaired) electrons. The lowest BCUT2D eigenvalue weighted by Crippen LogP contribution is -2.33. The summed E-state index contributed by atoms with van der Waals surface area (Å²) in [5, 5.41) is 2.92. The highest BCUT2D eigenvalue weighted by molar-refractivity contribution is 9.10. The maximum absolute atomic E-state index is 12.1. The summed E-state index contributed by atoms with van der Waals surface area (Å²) >= 11 is 3.11. The fourth-order valence-corrected chi connectivity index (χ4v) is 2.60. The molecule has 0 unspecified atom stereocenters. The molecule has 1 atom stereocenters. The number of amides is 1. The minimum Gasteiger partial charge on any atom is -0.450 e. The Labute approximate surface area is 149 Å². The van der Waals surface area contributed by atoms with Crippen LogP contribution in [-0.4, -0.2) is 18.5 Å². The molecule has 0 aliphatic heterocycles. The average molecular weight is 394 g/mol. The van der Waals surface area contributed by atoms with Crippen molar-refractivity contribution < 1.29 is 18.7 Å². The van der Waals surface area contributed by atoms with Gasteiger partial charge in [-0.2, -0.15) is 0 Å². The topological polar surface area (TPSA) is 68.5 Å². The van der Waals surface area contributed by atoms with E-state index < -0.39 is 5.97 Å². The zero-order chi connectivity index (χ0) is 17.5. The lowest BCUT2D eigenvalue weighted by atomic mass is 9.97. The molecule has 0 saturated carbocycles. The lowest BCUT2D eigenvalue weighted by Gasteiger charge is -2.21. The maximum Gasteiger partial charge on any atom is 0.374 e. The molecule has 0 aliphatic rings. The van der Waals surface area contributed by atoms with Gasteiger partial charge in [-0.1, -0.05) is 44.2 Å². The lowest BCUT2D eigenvalue weighted by molar-refractivity contribution is -0.125. The van der Waals surface area contributed by atoms with E-state index in [0.717, 1.165) is 12.0 Å². The number of hydrogen-bond acceptors (Lipinski definition) is 4. The van der Waals surface area contributed by atoms with E-state index >= 15 is 0 Å². The van der Waals surface area contributed by atoms with Gasteiger partial charge in [0.05, 0.1) is 6.04 Å². The number of halogens is 1. The number of rotatable bonds is 7. The first-order chi connectivity index (χ1) is 11.5. The molecule has 1 heterocycles. The van der Waals surface area contributed by atoms with Crippen LogP contribution in [0, 0.1) is 5.92 Å². The summed E-state index contributed by atoms with van der Waals surface area (Å²) in [6.07, 6.45) is 0.800. The first-order valence-corrected chi connectivity index (χ1v) is 8.51. The van der Waals surface area contributed by atoms with E-state index in [-0.39, 0.29) is 24.3 Å². The molecule has 1 N–H and O–H groups in total. The highest BCUT2D eigenvalue weighted by Gasteiger charge is 2.18. The van der Waals surface area contributed by atoms with E-state index in [1.54, 1.807) is 6.07 Å². The molecular formula is C18H20BrNO4. The van der Waals surface area contributed by atoms with Crippen LogP contribution in [0.15, 0.2) is 51.6 Å². The summed E-state index contributed by atoms with van der Waals surface area (Å²) in [5.74, 6) is -0.547. The van der Waals surface area contributed by atoms with Crippen LogP contribution in [-0.2, 0) is 9.53 Å². The minimum atomic E-state index is -0.670. The number of esters is 1. The molecule has 0 bridgehead atoms. The number of furan rings is 1. The quantitative estimate of drug-likeness (QED) is 0.718. The second kappa shape index (κ2) is 8.68. The van der Waals surface area contributed by atoms with Crippen molar-refractivity contribution in [1.82, 2.24) is 5.32 Å². The third-order valence-corrected chi connectivity index (χ3v) is 3.78. The van der Waals surface area contributed by atoms with Gasteiger partial charge in [-0.25, -0.2) is 4.79 Å². The maximum atomic E-state index is 12.1. The molecule has 6 heteroatoms. The van der Waals surface area contributed by atoms with Crippen molar-refractivity contribution >= 4 is 27.8 Å². The predicted octanol–water partition coefficient (Wildman–Crippen LogP) is 4.10. The summed E-state index contributed by atoms with van der Waals surface area (Å²) in [4.78, 5) is 23.9. The Kier molecular flexibility index (Phi) is 6.61. The van der Waals surface area contributed by atoms with Gasteiger partial charge in [-0.3, -0.25) is 4.79 Å². The minimum absolute atomic E-state index is 0.0523. The fourth-order valence-electron chi connectivity index (χ4n) is 2.30. The van der Waals surface area contributed by atoms with Crippen molar-refractivity contribution in [3.63, 3.8) is 0 Å². The van der Waals surface area contributed by atoms with Crippen LogP contribution in [0.1, 0.15) is 42.4 Å². The van der Waals surface area contributed by atoms with Crippen LogP contribution in [0.2, 0.25) is 0 Å². The average Bonchev–Trinajstić information content (AvgIpc) is 2.99. The molecule has 24 heavy (non-hydrogen) atoms. The van der Waals surface area contributed by atoms with E-state index in [0.29, 0.717) is 10.6 Å². The van der Waals surface area contributed by atoms with Crippen LogP contribution >= 0.6 is 15.9 Å². The number of ether oxygens (including phenoxy) is 1. The Bertz CT molecular complexity index is 681. The van der Waals surface area contributed by atoms with Gasteiger partial charge in [0.15, 0.2) is 11.3 Å². The normalized spacial score (nSPS) is 12.0. The molecule has 0 fully saturated rings. The van der Waals surface area contributed by atoms with Gasteiger partial charge in [0, 0.05) is 0 Å². The Balaban J connectivity index is 1.91. The highest BCUT2D eigenvalue weighted by atomic mass is 79.9. The van der Waals surface area contributed by atoms with Crippen molar-refractivity contribution in [3.8, 4) is 0 Å². The third kappa shape index (κ3) is 5.53. The summed E-state index contributed by atoms with van der Waals surface area (Å²) in [7, 11) is 0. The van der Waals surface area contributed by atoms with Crippen LogP contribution in [0.4, 0.5) is 0 Å². The largest absolute Gasteiger partial charge is 0.450 e. The molecule has 1 amide bonds. The molecule has 0 spiro atoms. The Morgan fingerprint density at radius 3 is 2.46 bits per heavy atom. The number of carbonyl (C=O) groups is 2. The van der Waals surface area contributed by atoms with Gasteiger partial charge < -0.3 is 14.5 Å². The van der Waals surface area contributed by atoms with Gasteiger partial charge in [0.2, 0.25) is 5.76 Å². The number of hydrogen-bond donors (Lipinski definition) is 1. The second-order valence-electron chi connectivity index (χ2n) is 5.84. The SMILES string of the molecule is CC(C)C[C@@H](NC(=O)COC(=O)c1ccc(Br)o1)c1ccccc1. The molecule has 128 valence electrons. The summed E-state index contributed by atoms with van der Waals surface area (Å²) < 4.78 is 10.5. The standard InChI is InChI=1S/C18H20BrNO4/c1-12(2)10-14(13-6-4-3-5-7-13)20-17(21)11-23-18(22)15-8-9-16(19)24-15/h3-9,12,14H,10-11H2,1-2H3,(H,20,21)/t14-/m1/s1. The summed E-state index contributed by atoms with van der Waals surface area (Å²) in [6.45, 7) is 3.84. The van der Waals surface area contributed by atoms with Crippen LogP contribution in [0.25, 0.3) is 0 Å². The Morgan fingerprint density at radius 2 is 1.88 bits per heavy atom. The van der Waals surface area contributed by atoms with Gasteiger partial charge >= 0.3 is 5.97 Å². The van der Waals surface area contributed by atoms with E-state index in [1.807, 2.05) is 30.3 Å². The number of nitrogens with one attached hydrogen (secondary N) is 1. The third-order valence-electron chi connectivity index (χ3n) is 3.35. The Hall–Kier alpha value is -2.08. The van der Waals surface area contributed by atoms with Gasteiger partial charge in [-0.15, -0.1) is 0 Å². The monoisotopic (exact) mass is 393 g/mol. The van der Waals surface area contributed by atoms with Gasteiger partial charge in [-0.05, 0) is 46.0 Å². The van der Waals surface area contributed by atoms with Crippen molar-refractivity contribution in [3.05, 3.63) is 58.5 Å². The molecule has 5 nitrogen and oxygen atoms in total. The molecule has 2 aromatic rings. The zero-order valence-electron chi connectivity index (χ0n) is 13.6. The smallest absolute Gasteiger partial charge is 0.374 e. The van der Waals surface area contributed by atoms with Crippen molar-refractivity contribution in [2.24, 2.45) is 5.92 Å². The first kappa shape index (κ1) is 18.3. The molecule has 0 saturated heterocycles. The molecule has 2 rings (SSSR count). The molecule has 1 aromatic carbocycles. The van der Waals surface area contributed by atoms with E-state index in [2.05, 4.69) is 35.1 Å². The van der Waals surface area contributed by atoms with E-state index in [1.165, 1.54) is 6.07 Å². The van der Waals surface area contributed by atoms with Crippen LogP contribution in [0.5, 0.6) is 0 Å². The van der Waals surface area contributed by atoms with Crippen LogP contribution < -0.4 is 5.32 Å². The van der Waals surface area contributed by atoms with Gasteiger partial charge in [0.1, 0.15) is 0 Å². The predicted molar refractivity (Wildman–Crippen MR) is 93.5 cm³/mol. The second-order valence-corrected chi connectivity index (χ2v) is 6.62. The van der Waals surface area contributed by atoms with E-state index in [9.17, 15) is 9.59 Å².